The molecule has 0 saturated heterocycles. The first-order valence-corrected chi connectivity index (χ1v) is 12.2. The molecule has 3 heterocycles. The van der Waals surface area contributed by atoms with Gasteiger partial charge in [0.1, 0.15) is 17.1 Å². The molecule has 174 valence electrons. The number of benzene rings is 2. The van der Waals surface area contributed by atoms with Gasteiger partial charge < -0.3 is 18.5 Å². The van der Waals surface area contributed by atoms with Crippen LogP contribution >= 0.6 is 15.9 Å². The highest BCUT2D eigenvalue weighted by Crippen LogP contribution is 2.39. The van der Waals surface area contributed by atoms with E-state index in [1.54, 1.807) is 35.4 Å². The number of hydrogen-bond acceptors (Lipinski definition) is 5. The molecule has 4 aromatic rings. The van der Waals surface area contributed by atoms with E-state index in [4.69, 9.17) is 13.6 Å². The minimum atomic E-state index is -0.596. The second-order valence-corrected chi connectivity index (χ2v) is 9.27. The number of fused-ring (bicyclic) bond motifs is 2. The van der Waals surface area contributed by atoms with Crippen molar-refractivity contribution in [3.05, 3.63) is 98.2 Å². The Morgan fingerprint density at radius 3 is 2.62 bits per heavy atom. The number of hydrogen-bond donors (Lipinski definition) is 0. The van der Waals surface area contributed by atoms with Gasteiger partial charge in [-0.15, -0.1) is 0 Å². The van der Waals surface area contributed by atoms with E-state index in [1.165, 1.54) is 0 Å². The number of unbranched alkanes of at least 4 members (excludes halogenated alkanes) is 2. The topological polar surface area (TPSA) is 72.9 Å². The highest BCUT2D eigenvalue weighted by molar-refractivity contribution is 9.10. The standard InChI is InChI=1S/C27H24BrNO5/c1-2-3-4-13-32-19-10-7-17(8-11-19)24-23-25(30)21-15-18(28)9-12-22(21)34-26(23)27(31)29(24)16-20-6-5-14-33-20/h5-12,14-15,24H,2-4,13,16H2,1H3. The lowest BCUT2D eigenvalue weighted by Crippen LogP contribution is -2.29. The Morgan fingerprint density at radius 1 is 1.06 bits per heavy atom. The summed E-state index contributed by atoms with van der Waals surface area (Å²) in [4.78, 5) is 28.7. The number of rotatable bonds is 8. The van der Waals surface area contributed by atoms with Crippen molar-refractivity contribution in [3.8, 4) is 5.75 Å². The summed E-state index contributed by atoms with van der Waals surface area (Å²) in [5.41, 5.74) is 1.33. The van der Waals surface area contributed by atoms with E-state index in [1.807, 2.05) is 30.3 Å². The van der Waals surface area contributed by atoms with Crippen LogP contribution in [0.3, 0.4) is 0 Å². The lowest BCUT2D eigenvalue weighted by Gasteiger charge is -2.24. The van der Waals surface area contributed by atoms with Gasteiger partial charge in [0.25, 0.3) is 5.91 Å². The molecule has 0 fully saturated rings. The van der Waals surface area contributed by atoms with Gasteiger partial charge in [0.2, 0.25) is 5.76 Å². The fourth-order valence-electron chi connectivity index (χ4n) is 4.36. The van der Waals surface area contributed by atoms with Crippen LogP contribution in [0.1, 0.15) is 59.7 Å². The zero-order chi connectivity index (χ0) is 23.7. The van der Waals surface area contributed by atoms with Crippen molar-refractivity contribution in [2.24, 2.45) is 0 Å². The van der Waals surface area contributed by atoms with E-state index in [9.17, 15) is 9.59 Å². The van der Waals surface area contributed by atoms with Crippen molar-refractivity contribution in [1.82, 2.24) is 4.90 Å². The second-order valence-electron chi connectivity index (χ2n) is 8.35. The van der Waals surface area contributed by atoms with Gasteiger partial charge in [-0.25, -0.2) is 0 Å². The fraction of sp³-hybridized carbons (Fsp3) is 0.259. The molecule has 2 aromatic heterocycles. The van der Waals surface area contributed by atoms with Gasteiger partial charge in [0.15, 0.2) is 5.43 Å². The minimum Gasteiger partial charge on any atom is -0.494 e. The van der Waals surface area contributed by atoms with E-state index in [2.05, 4.69) is 22.9 Å². The molecule has 1 unspecified atom stereocenters. The third kappa shape index (κ3) is 4.16. The SMILES string of the molecule is CCCCCOc1ccc(C2c3c(oc4ccc(Br)cc4c3=O)C(=O)N2Cc2ccco2)cc1. The van der Waals surface area contributed by atoms with Crippen molar-refractivity contribution in [1.29, 1.82) is 0 Å². The third-order valence-electron chi connectivity index (χ3n) is 6.05. The van der Waals surface area contributed by atoms with Gasteiger partial charge in [-0.2, -0.15) is 0 Å². The first-order chi connectivity index (χ1) is 16.6. The smallest absolute Gasteiger partial charge is 0.291 e. The summed E-state index contributed by atoms with van der Waals surface area (Å²) >= 11 is 3.42. The molecule has 34 heavy (non-hydrogen) atoms. The van der Waals surface area contributed by atoms with Crippen LogP contribution in [0.25, 0.3) is 11.0 Å². The Hall–Kier alpha value is -3.32. The van der Waals surface area contributed by atoms with E-state index in [0.717, 1.165) is 35.0 Å². The van der Waals surface area contributed by atoms with E-state index in [-0.39, 0.29) is 23.6 Å². The zero-order valence-corrected chi connectivity index (χ0v) is 20.3. The lowest BCUT2D eigenvalue weighted by molar-refractivity contribution is 0.0701. The van der Waals surface area contributed by atoms with E-state index >= 15 is 0 Å². The van der Waals surface area contributed by atoms with Gasteiger partial charge in [-0.05, 0) is 54.4 Å². The number of furan rings is 1. The maximum absolute atomic E-state index is 13.6. The number of carbonyl (C=O) groups is 1. The summed E-state index contributed by atoms with van der Waals surface area (Å²) in [5.74, 6) is 1.13. The summed E-state index contributed by atoms with van der Waals surface area (Å²) in [6, 6.07) is 15.8. The Labute approximate surface area is 205 Å². The first-order valence-electron chi connectivity index (χ1n) is 11.4. The molecule has 0 spiro atoms. The van der Waals surface area contributed by atoms with Crippen LogP contribution in [0.15, 0.2) is 79.0 Å². The van der Waals surface area contributed by atoms with Crippen LogP contribution in [0, 0.1) is 0 Å². The second kappa shape index (κ2) is 9.50. The normalized spacial score (nSPS) is 15.2. The monoisotopic (exact) mass is 521 g/mol. The average molecular weight is 522 g/mol. The molecule has 1 amide bonds. The maximum Gasteiger partial charge on any atom is 0.291 e. The van der Waals surface area contributed by atoms with Crippen molar-refractivity contribution < 1.29 is 18.4 Å². The Morgan fingerprint density at radius 2 is 1.88 bits per heavy atom. The highest BCUT2D eigenvalue weighted by atomic mass is 79.9. The molecular formula is C27H24BrNO5. The molecular weight excluding hydrogens is 498 g/mol. The number of halogens is 1. The van der Waals surface area contributed by atoms with Crippen LogP contribution in [-0.2, 0) is 6.54 Å². The maximum atomic E-state index is 13.6. The van der Waals surface area contributed by atoms with E-state index < -0.39 is 6.04 Å². The predicted octanol–water partition coefficient (Wildman–Crippen LogP) is 6.46. The Bertz CT molecular complexity index is 1370. The Balaban J connectivity index is 1.57. The van der Waals surface area contributed by atoms with Crippen LogP contribution in [0.5, 0.6) is 5.75 Å². The summed E-state index contributed by atoms with van der Waals surface area (Å²) in [7, 11) is 0. The quantitative estimate of drug-likeness (QED) is 0.248. The van der Waals surface area contributed by atoms with Gasteiger partial charge in [0.05, 0.1) is 36.4 Å². The molecule has 0 bridgehead atoms. The fourth-order valence-corrected chi connectivity index (χ4v) is 4.72. The number of amides is 1. The van der Waals surface area contributed by atoms with Gasteiger partial charge in [-0.3, -0.25) is 9.59 Å². The molecule has 0 aliphatic carbocycles. The number of nitrogens with zero attached hydrogens (tertiary/aromatic N) is 1. The summed E-state index contributed by atoms with van der Waals surface area (Å²) in [6.07, 6.45) is 4.83. The van der Waals surface area contributed by atoms with Crippen LogP contribution in [0.2, 0.25) is 0 Å². The molecule has 7 heteroatoms. The zero-order valence-electron chi connectivity index (χ0n) is 18.8. The molecule has 5 rings (SSSR count). The van der Waals surface area contributed by atoms with Crippen LogP contribution < -0.4 is 10.2 Å². The first kappa shape index (κ1) is 22.5. The van der Waals surface area contributed by atoms with Gasteiger partial charge >= 0.3 is 0 Å². The van der Waals surface area contributed by atoms with Crippen molar-refractivity contribution in [3.63, 3.8) is 0 Å². The molecule has 1 atom stereocenters. The Kier molecular flexibility index (Phi) is 6.28. The third-order valence-corrected chi connectivity index (χ3v) is 6.54. The molecule has 0 radical (unpaired) electrons. The highest BCUT2D eigenvalue weighted by Gasteiger charge is 2.43. The summed E-state index contributed by atoms with van der Waals surface area (Å²) < 4.78 is 18.1. The minimum absolute atomic E-state index is 0.0799. The van der Waals surface area contributed by atoms with Crippen molar-refractivity contribution in [2.45, 2.75) is 38.8 Å². The van der Waals surface area contributed by atoms with Crippen molar-refractivity contribution in [2.75, 3.05) is 6.61 Å². The molecule has 0 N–H and O–H groups in total. The lowest BCUT2D eigenvalue weighted by atomic mass is 9.98. The predicted molar refractivity (Wildman–Crippen MR) is 132 cm³/mol. The van der Waals surface area contributed by atoms with Crippen molar-refractivity contribution >= 4 is 32.8 Å². The number of ether oxygens (including phenoxy) is 1. The molecule has 1 aliphatic rings. The van der Waals surface area contributed by atoms with E-state index in [0.29, 0.717) is 28.9 Å². The molecule has 0 saturated carbocycles. The summed E-state index contributed by atoms with van der Waals surface area (Å²) in [5, 5.41) is 0.432. The van der Waals surface area contributed by atoms with Gasteiger partial charge in [-0.1, -0.05) is 47.8 Å². The molecule has 6 nitrogen and oxygen atoms in total. The molecule has 2 aromatic carbocycles. The van der Waals surface area contributed by atoms with Gasteiger partial charge in [0, 0.05) is 4.47 Å². The average Bonchev–Trinajstić information content (AvgIpc) is 3.45. The summed E-state index contributed by atoms with van der Waals surface area (Å²) in [6.45, 7) is 3.03. The number of carbonyl (C=O) groups excluding carboxylic acids is 1. The largest absolute Gasteiger partial charge is 0.494 e. The van der Waals surface area contributed by atoms with Crippen LogP contribution in [-0.4, -0.2) is 17.4 Å². The molecule has 1 aliphatic heterocycles. The van der Waals surface area contributed by atoms with Crippen LogP contribution in [0.4, 0.5) is 0 Å².